The summed E-state index contributed by atoms with van der Waals surface area (Å²) in [5.74, 6) is 0.480. The minimum Gasteiger partial charge on any atom is -0.310 e. The second-order valence-corrected chi connectivity index (χ2v) is 8.74. The minimum absolute atomic E-state index is 0.220. The molecule has 0 unspecified atom stereocenters. The number of amides is 1. The van der Waals surface area contributed by atoms with E-state index in [1.165, 1.54) is 30.1 Å². The Hall–Kier alpha value is -3.23. The fourth-order valence-corrected chi connectivity index (χ4v) is 3.95. The number of hydrogen-bond donors (Lipinski definition) is 1. The molecule has 2 aromatic heterocycles. The molecule has 9 heteroatoms. The average Bonchev–Trinajstić information content (AvgIpc) is 3.18. The Bertz CT molecular complexity index is 1200. The molecule has 2 heterocycles. The van der Waals surface area contributed by atoms with Crippen LogP contribution in [0.15, 0.2) is 78.1 Å². The largest absolute Gasteiger partial charge is 0.310 e. The number of carbonyl (C=O) groups excluding carboxylic acids is 1. The van der Waals surface area contributed by atoms with E-state index in [0.717, 1.165) is 11.1 Å². The van der Waals surface area contributed by atoms with Gasteiger partial charge < -0.3 is 5.32 Å². The van der Waals surface area contributed by atoms with Gasteiger partial charge in [0.2, 0.25) is 5.91 Å². The first-order valence-corrected chi connectivity index (χ1v) is 11.1. The summed E-state index contributed by atoms with van der Waals surface area (Å²) >= 11 is 7.13. The zero-order chi connectivity index (χ0) is 22.5. The number of aromatic nitrogens is 4. The fraction of sp³-hybridized carbons (Fsp3) is 0.130. The smallest absolute Gasteiger partial charge is 0.238 e. The molecule has 0 aliphatic rings. The van der Waals surface area contributed by atoms with Crippen molar-refractivity contribution < 1.29 is 9.18 Å². The highest BCUT2D eigenvalue weighted by molar-refractivity contribution is 8.00. The van der Waals surface area contributed by atoms with Crippen molar-refractivity contribution in [1.82, 2.24) is 19.7 Å². The maximum atomic E-state index is 13.4. The van der Waals surface area contributed by atoms with Crippen molar-refractivity contribution in [2.45, 2.75) is 23.9 Å². The fourth-order valence-electron chi connectivity index (χ4n) is 2.99. The molecular weight excluding hydrogens is 449 g/mol. The van der Waals surface area contributed by atoms with Crippen molar-refractivity contribution in [2.75, 3.05) is 5.32 Å². The summed E-state index contributed by atoms with van der Waals surface area (Å²) in [4.78, 5) is 16.8. The normalized spacial score (nSPS) is 11.8. The van der Waals surface area contributed by atoms with Crippen LogP contribution in [-0.4, -0.2) is 30.9 Å². The number of benzene rings is 2. The van der Waals surface area contributed by atoms with Gasteiger partial charge in [-0.1, -0.05) is 53.7 Å². The molecule has 4 aromatic rings. The molecule has 32 heavy (non-hydrogen) atoms. The summed E-state index contributed by atoms with van der Waals surface area (Å²) in [7, 11) is 0. The molecule has 162 valence electrons. The molecular formula is C23H19ClFN5OS. The van der Waals surface area contributed by atoms with Gasteiger partial charge in [-0.2, -0.15) is 0 Å². The third-order valence-electron chi connectivity index (χ3n) is 4.63. The second kappa shape index (κ2) is 9.93. The molecule has 0 saturated carbocycles. The summed E-state index contributed by atoms with van der Waals surface area (Å²) in [6, 6.07) is 19.3. The van der Waals surface area contributed by atoms with E-state index in [2.05, 4.69) is 20.5 Å². The number of nitrogens with zero attached hydrogens (tertiary/aromatic N) is 4. The number of carbonyl (C=O) groups is 1. The molecule has 0 fully saturated rings. The van der Waals surface area contributed by atoms with Crippen LogP contribution in [0.4, 0.5) is 10.2 Å². The lowest BCUT2D eigenvalue weighted by molar-refractivity contribution is -0.115. The predicted molar refractivity (Wildman–Crippen MR) is 124 cm³/mol. The summed E-state index contributed by atoms with van der Waals surface area (Å²) in [5.41, 5.74) is 1.80. The molecule has 0 aliphatic heterocycles. The first-order valence-electron chi connectivity index (χ1n) is 9.82. The first kappa shape index (κ1) is 22.0. The Labute approximate surface area is 193 Å². The molecule has 4 rings (SSSR count). The Morgan fingerprint density at radius 3 is 2.53 bits per heavy atom. The standard InChI is InChI=1S/C23H19ClFN5OS/c1-15(22(31)27-20-12-9-18(24)13-26-20)32-23-29-28-21(17-7-10-19(25)11-8-17)30(23)14-16-5-3-2-4-6-16/h2-13,15H,14H2,1H3,(H,26,27,31)/t15-/m1/s1. The predicted octanol–water partition coefficient (Wildman–Crippen LogP) is 5.30. The van der Waals surface area contributed by atoms with Crippen LogP contribution in [-0.2, 0) is 11.3 Å². The van der Waals surface area contributed by atoms with Gasteiger partial charge in [0, 0.05) is 11.8 Å². The van der Waals surface area contributed by atoms with Gasteiger partial charge in [-0.3, -0.25) is 9.36 Å². The monoisotopic (exact) mass is 467 g/mol. The highest BCUT2D eigenvalue weighted by Crippen LogP contribution is 2.28. The second-order valence-electron chi connectivity index (χ2n) is 7.00. The number of thioether (sulfide) groups is 1. The number of rotatable bonds is 7. The van der Waals surface area contributed by atoms with Crippen molar-refractivity contribution in [3.8, 4) is 11.4 Å². The maximum absolute atomic E-state index is 13.4. The molecule has 0 saturated heterocycles. The summed E-state index contributed by atoms with van der Waals surface area (Å²) < 4.78 is 15.3. The van der Waals surface area contributed by atoms with Crippen LogP contribution in [0.2, 0.25) is 5.02 Å². The van der Waals surface area contributed by atoms with Crippen LogP contribution in [0.1, 0.15) is 12.5 Å². The third-order valence-corrected chi connectivity index (χ3v) is 5.94. The Kier molecular flexibility index (Phi) is 6.82. The molecule has 2 aromatic carbocycles. The van der Waals surface area contributed by atoms with E-state index in [1.54, 1.807) is 31.2 Å². The van der Waals surface area contributed by atoms with Crippen LogP contribution >= 0.6 is 23.4 Å². The van der Waals surface area contributed by atoms with Gasteiger partial charge in [-0.05, 0) is 48.9 Å². The Morgan fingerprint density at radius 2 is 1.84 bits per heavy atom. The van der Waals surface area contributed by atoms with E-state index < -0.39 is 5.25 Å². The summed E-state index contributed by atoms with van der Waals surface area (Å²) in [5, 5.41) is 12.0. The zero-order valence-corrected chi connectivity index (χ0v) is 18.6. The summed E-state index contributed by atoms with van der Waals surface area (Å²) in [6.07, 6.45) is 1.47. The number of anilines is 1. The molecule has 0 radical (unpaired) electrons. The molecule has 1 atom stereocenters. The van der Waals surface area contributed by atoms with Crippen LogP contribution in [0.5, 0.6) is 0 Å². The van der Waals surface area contributed by atoms with E-state index in [9.17, 15) is 9.18 Å². The van der Waals surface area contributed by atoms with Crippen molar-refractivity contribution in [3.63, 3.8) is 0 Å². The molecule has 6 nitrogen and oxygen atoms in total. The van der Waals surface area contributed by atoms with Gasteiger partial charge in [0.15, 0.2) is 11.0 Å². The van der Waals surface area contributed by atoms with E-state index >= 15 is 0 Å². The van der Waals surface area contributed by atoms with Gasteiger partial charge in [0.25, 0.3) is 0 Å². The third kappa shape index (κ3) is 5.33. The number of nitrogens with one attached hydrogen (secondary N) is 1. The Morgan fingerprint density at radius 1 is 1.09 bits per heavy atom. The number of hydrogen-bond acceptors (Lipinski definition) is 5. The first-order chi connectivity index (χ1) is 15.5. The van der Waals surface area contributed by atoms with Crippen molar-refractivity contribution >= 4 is 35.1 Å². The molecule has 1 amide bonds. The molecule has 0 aliphatic carbocycles. The lowest BCUT2D eigenvalue weighted by Crippen LogP contribution is -2.23. The van der Waals surface area contributed by atoms with Crippen LogP contribution in [0, 0.1) is 5.82 Å². The molecule has 1 N–H and O–H groups in total. The minimum atomic E-state index is -0.465. The van der Waals surface area contributed by atoms with Crippen molar-refractivity contribution in [1.29, 1.82) is 0 Å². The highest BCUT2D eigenvalue weighted by Gasteiger charge is 2.21. The quantitative estimate of drug-likeness (QED) is 0.373. The zero-order valence-electron chi connectivity index (χ0n) is 17.1. The van der Waals surface area contributed by atoms with Crippen LogP contribution < -0.4 is 5.32 Å². The molecule has 0 spiro atoms. The van der Waals surface area contributed by atoms with E-state index in [-0.39, 0.29) is 11.7 Å². The Balaban J connectivity index is 1.58. The van der Waals surface area contributed by atoms with Gasteiger partial charge in [0.05, 0.1) is 16.8 Å². The van der Waals surface area contributed by atoms with Gasteiger partial charge in [-0.15, -0.1) is 10.2 Å². The topological polar surface area (TPSA) is 72.7 Å². The number of halogens is 2. The van der Waals surface area contributed by atoms with Crippen LogP contribution in [0.25, 0.3) is 11.4 Å². The van der Waals surface area contributed by atoms with Gasteiger partial charge >= 0.3 is 0 Å². The van der Waals surface area contributed by atoms with Gasteiger partial charge in [-0.25, -0.2) is 9.37 Å². The number of pyridine rings is 1. The van der Waals surface area contributed by atoms with E-state index in [1.807, 2.05) is 34.9 Å². The SMILES string of the molecule is C[C@@H](Sc1nnc(-c2ccc(F)cc2)n1Cc1ccccc1)C(=O)Nc1ccc(Cl)cn1. The van der Waals surface area contributed by atoms with Crippen molar-refractivity contribution in [3.05, 3.63) is 89.3 Å². The lowest BCUT2D eigenvalue weighted by Gasteiger charge is -2.14. The highest BCUT2D eigenvalue weighted by atomic mass is 35.5. The van der Waals surface area contributed by atoms with E-state index in [0.29, 0.717) is 28.4 Å². The van der Waals surface area contributed by atoms with Gasteiger partial charge in [0.1, 0.15) is 11.6 Å². The van der Waals surface area contributed by atoms with E-state index in [4.69, 9.17) is 11.6 Å². The lowest BCUT2D eigenvalue weighted by atomic mass is 10.2. The van der Waals surface area contributed by atoms with Crippen LogP contribution in [0.3, 0.4) is 0 Å². The van der Waals surface area contributed by atoms with Crippen molar-refractivity contribution in [2.24, 2.45) is 0 Å². The summed E-state index contributed by atoms with van der Waals surface area (Å²) in [6.45, 7) is 2.30. The molecule has 0 bridgehead atoms. The maximum Gasteiger partial charge on any atom is 0.238 e. The average molecular weight is 468 g/mol.